The van der Waals surface area contributed by atoms with Crippen molar-refractivity contribution in [1.82, 2.24) is 0 Å². The zero-order valence-electron chi connectivity index (χ0n) is 18.1. The normalized spacial score (nSPS) is 39.3. The second-order valence-electron chi connectivity index (χ2n) is 10.2. The quantitative estimate of drug-likeness (QED) is 0.605. The molecule has 29 heavy (non-hydrogen) atoms. The van der Waals surface area contributed by atoms with E-state index in [-0.39, 0.29) is 16.4 Å². The maximum Gasteiger partial charge on any atom is 0.192 e. The van der Waals surface area contributed by atoms with Crippen LogP contribution in [0.3, 0.4) is 0 Å². The molecule has 3 heteroatoms. The van der Waals surface area contributed by atoms with Crippen LogP contribution in [0, 0.1) is 28.6 Å². The number of aliphatic hydroxyl groups is 1. The van der Waals surface area contributed by atoms with Crippen molar-refractivity contribution in [3.05, 3.63) is 59.2 Å². The molecule has 0 amide bonds. The van der Waals surface area contributed by atoms with E-state index in [2.05, 4.69) is 75.9 Å². The number of carbonyl (C=O) groups excluding carboxylic acids is 1. The Morgan fingerprint density at radius 3 is 2.45 bits per heavy atom. The third-order valence-electron chi connectivity index (χ3n) is 8.42. The molecular weight excluding hydrogens is 376 g/mol. The van der Waals surface area contributed by atoms with E-state index in [1.165, 1.54) is 16.7 Å². The lowest BCUT2D eigenvalue weighted by molar-refractivity contribution is -0.146. The standard InChI is InChI=1S/C26H34O2S/c1-16(2)18-10-11-20-19(14-18)15-22(27)23-25(3,24(28)29)13-12-21(26(20,23)4)17-8-6-5-7-9-17/h5-9,14-16,20-23,27H,10-13H2,1-4H3,(H,28,29)/t20-,21?,22?,23-,25+,26-/m0/s1. The number of benzene rings is 1. The van der Waals surface area contributed by atoms with Gasteiger partial charge in [-0.05, 0) is 60.0 Å². The third-order valence-corrected chi connectivity index (χ3v) is 8.93. The molecule has 1 aromatic carbocycles. The Kier molecular flexibility index (Phi) is 5.36. The molecule has 2 unspecified atom stereocenters. The van der Waals surface area contributed by atoms with Crippen molar-refractivity contribution in [1.29, 1.82) is 0 Å². The van der Waals surface area contributed by atoms with Crippen LogP contribution in [0.4, 0.5) is 0 Å². The molecule has 1 N–H and O–H groups in total. The number of allylic oxidation sites excluding steroid dienone is 3. The van der Waals surface area contributed by atoms with Crippen LogP contribution in [0.15, 0.2) is 53.6 Å². The predicted molar refractivity (Wildman–Crippen MR) is 122 cm³/mol. The monoisotopic (exact) mass is 410 g/mol. The first kappa shape index (κ1) is 20.9. The highest BCUT2D eigenvalue weighted by molar-refractivity contribution is 7.96. The first-order valence-corrected chi connectivity index (χ1v) is 11.5. The van der Waals surface area contributed by atoms with Gasteiger partial charge in [0.1, 0.15) is 0 Å². The molecule has 6 atom stereocenters. The van der Waals surface area contributed by atoms with Crippen molar-refractivity contribution in [3.63, 3.8) is 0 Å². The predicted octanol–water partition coefficient (Wildman–Crippen LogP) is 5.94. The van der Waals surface area contributed by atoms with Gasteiger partial charge >= 0.3 is 0 Å². The van der Waals surface area contributed by atoms with Gasteiger partial charge in [-0.3, -0.25) is 4.79 Å². The number of hydrogen-bond donors (Lipinski definition) is 2. The van der Waals surface area contributed by atoms with Gasteiger partial charge in [-0.2, -0.15) is 0 Å². The zero-order chi connectivity index (χ0) is 21.0. The molecule has 3 aliphatic carbocycles. The Bertz CT molecular complexity index is 855. The van der Waals surface area contributed by atoms with Gasteiger partial charge in [-0.25, -0.2) is 0 Å². The lowest BCUT2D eigenvalue weighted by atomic mass is 9.42. The fraction of sp³-hybridized carbons (Fsp3) is 0.577. The highest BCUT2D eigenvalue weighted by Crippen LogP contribution is 2.67. The largest absolute Gasteiger partial charge is 0.389 e. The van der Waals surface area contributed by atoms with Gasteiger partial charge in [-0.1, -0.05) is 75.8 Å². The van der Waals surface area contributed by atoms with Crippen LogP contribution in [0.1, 0.15) is 64.9 Å². The summed E-state index contributed by atoms with van der Waals surface area (Å²) in [6, 6.07) is 10.7. The van der Waals surface area contributed by atoms with Crippen molar-refractivity contribution < 1.29 is 9.90 Å². The maximum absolute atomic E-state index is 12.7. The first-order chi connectivity index (χ1) is 13.7. The molecule has 1 aromatic rings. The minimum atomic E-state index is -0.623. The molecule has 2 nitrogen and oxygen atoms in total. The van der Waals surface area contributed by atoms with Gasteiger partial charge < -0.3 is 5.11 Å². The van der Waals surface area contributed by atoms with Gasteiger partial charge in [0.2, 0.25) is 0 Å². The molecule has 0 aliphatic heterocycles. The minimum absolute atomic E-state index is 0.0784. The Hall–Kier alpha value is -1.32. The van der Waals surface area contributed by atoms with Gasteiger partial charge in [0.25, 0.3) is 0 Å². The average Bonchev–Trinajstić information content (AvgIpc) is 2.68. The van der Waals surface area contributed by atoms with Gasteiger partial charge in [0.05, 0.1) is 6.10 Å². The molecule has 3 aliphatic rings. The lowest BCUT2D eigenvalue weighted by Gasteiger charge is -2.62. The average molecular weight is 411 g/mol. The topological polar surface area (TPSA) is 37.3 Å². The van der Waals surface area contributed by atoms with E-state index < -0.39 is 11.5 Å². The number of hydrogen-bond acceptors (Lipinski definition) is 2. The van der Waals surface area contributed by atoms with Crippen LogP contribution < -0.4 is 0 Å². The van der Waals surface area contributed by atoms with Crippen molar-refractivity contribution in [2.75, 3.05) is 0 Å². The molecule has 0 saturated heterocycles. The van der Waals surface area contributed by atoms with E-state index in [1.54, 1.807) is 0 Å². The number of carbonyl (C=O) groups is 1. The Balaban J connectivity index is 1.89. The fourth-order valence-electron chi connectivity index (χ4n) is 6.92. The van der Waals surface area contributed by atoms with Crippen LogP contribution in [0.2, 0.25) is 0 Å². The molecule has 4 rings (SSSR count). The van der Waals surface area contributed by atoms with Crippen LogP contribution in [0.5, 0.6) is 0 Å². The smallest absolute Gasteiger partial charge is 0.192 e. The fourth-order valence-corrected chi connectivity index (χ4v) is 7.17. The van der Waals surface area contributed by atoms with Crippen molar-refractivity contribution in [2.45, 2.75) is 65.4 Å². The van der Waals surface area contributed by atoms with E-state index in [1.807, 2.05) is 6.92 Å². The van der Waals surface area contributed by atoms with Gasteiger partial charge in [-0.15, -0.1) is 12.6 Å². The SMILES string of the molecule is CC(C)C1=CC2=CC(O)[C@@H]3[C@](C)(C(c4ccccc4)CC[C@@]3(C)C(=O)S)[C@H]2CC1. The summed E-state index contributed by atoms with van der Waals surface area (Å²) in [4.78, 5) is 12.7. The molecule has 0 heterocycles. The molecule has 1 fully saturated rings. The first-order valence-electron chi connectivity index (χ1n) is 11.1. The van der Waals surface area contributed by atoms with Gasteiger partial charge in [0.15, 0.2) is 5.12 Å². The number of fused-ring (bicyclic) bond motifs is 3. The van der Waals surface area contributed by atoms with Crippen LogP contribution in [-0.4, -0.2) is 16.3 Å². The number of rotatable bonds is 3. The molecule has 156 valence electrons. The number of thiol groups is 1. The van der Waals surface area contributed by atoms with E-state index in [4.69, 9.17) is 0 Å². The molecule has 0 aromatic heterocycles. The highest BCUT2D eigenvalue weighted by atomic mass is 32.1. The molecule has 1 saturated carbocycles. The summed E-state index contributed by atoms with van der Waals surface area (Å²) in [7, 11) is 0. The third kappa shape index (κ3) is 3.16. The van der Waals surface area contributed by atoms with Crippen LogP contribution in [0.25, 0.3) is 0 Å². The van der Waals surface area contributed by atoms with Crippen LogP contribution in [-0.2, 0) is 4.79 Å². The minimum Gasteiger partial charge on any atom is -0.389 e. The van der Waals surface area contributed by atoms with Crippen LogP contribution >= 0.6 is 12.6 Å². The molecule has 0 radical (unpaired) electrons. The summed E-state index contributed by atoms with van der Waals surface area (Å²) in [6.45, 7) is 8.88. The van der Waals surface area contributed by atoms with E-state index in [0.717, 1.165) is 25.7 Å². The zero-order valence-corrected chi connectivity index (χ0v) is 19.0. The Morgan fingerprint density at radius 2 is 1.83 bits per heavy atom. The second kappa shape index (κ2) is 7.42. The highest BCUT2D eigenvalue weighted by Gasteiger charge is 2.63. The van der Waals surface area contributed by atoms with Crippen molar-refractivity contribution >= 4 is 17.7 Å². The van der Waals surface area contributed by atoms with Crippen molar-refractivity contribution in [3.8, 4) is 0 Å². The lowest BCUT2D eigenvalue weighted by Crippen LogP contribution is -2.59. The number of aliphatic hydroxyl groups excluding tert-OH is 1. The summed E-state index contributed by atoms with van der Waals surface area (Å²) >= 11 is 4.32. The summed E-state index contributed by atoms with van der Waals surface area (Å²) in [5, 5.41) is 11.3. The van der Waals surface area contributed by atoms with E-state index in [0.29, 0.717) is 17.8 Å². The summed E-state index contributed by atoms with van der Waals surface area (Å²) in [5.41, 5.74) is 3.30. The summed E-state index contributed by atoms with van der Waals surface area (Å²) in [5.74, 6) is 1.09. The summed E-state index contributed by atoms with van der Waals surface area (Å²) in [6.07, 6.45) is 7.70. The summed E-state index contributed by atoms with van der Waals surface area (Å²) < 4.78 is 0. The van der Waals surface area contributed by atoms with Crippen molar-refractivity contribution in [2.24, 2.45) is 28.6 Å². The second-order valence-corrected chi connectivity index (χ2v) is 10.6. The molecule has 0 bridgehead atoms. The van der Waals surface area contributed by atoms with E-state index in [9.17, 15) is 9.90 Å². The molecular formula is C26H34O2S. The Labute approximate surface area is 180 Å². The van der Waals surface area contributed by atoms with E-state index >= 15 is 0 Å². The molecule has 0 spiro atoms. The van der Waals surface area contributed by atoms with Gasteiger partial charge in [0, 0.05) is 11.3 Å². The Morgan fingerprint density at radius 1 is 1.14 bits per heavy atom. The maximum atomic E-state index is 12.7.